The highest BCUT2D eigenvalue weighted by atomic mass is 79.9. The smallest absolute Gasteiger partial charge is 0.261 e. The van der Waals surface area contributed by atoms with Gasteiger partial charge in [0.15, 0.2) is 0 Å². The van der Waals surface area contributed by atoms with Gasteiger partial charge in [-0.2, -0.15) is 0 Å². The normalized spacial score (nSPS) is 25.2. The van der Waals surface area contributed by atoms with Gasteiger partial charge in [0, 0.05) is 17.1 Å². The second-order valence-electron chi connectivity index (χ2n) is 7.44. The van der Waals surface area contributed by atoms with E-state index in [1.165, 1.54) is 0 Å². The number of aromatic nitrogens is 2. The third-order valence-corrected chi connectivity index (χ3v) is 6.73. The quantitative estimate of drug-likeness (QED) is 0.788. The van der Waals surface area contributed by atoms with Crippen molar-refractivity contribution >= 4 is 38.4 Å². The van der Waals surface area contributed by atoms with Crippen molar-refractivity contribution in [2.45, 2.75) is 50.8 Å². The number of fused-ring (bicyclic) bond motifs is 1. The van der Waals surface area contributed by atoms with Crippen molar-refractivity contribution < 1.29 is 5.11 Å². The molecule has 2 atom stereocenters. The molecule has 0 amide bonds. The molecule has 0 bridgehead atoms. The van der Waals surface area contributed by atoms with Crippen LogP contribution in [0.25, 0.3) is 10.9 Å². The molecule has 1 saturated carbocycles. The van der Waals surface area contributed by atoms with Crippen LogP contribution in [0.1, 0.15) is 32.1 Å². The van der Waals surface area contributed by atoms with Crippen molar-refractivity contribution in [3.8, 4) is 0 Å². The first kappa shape index (κ1) is 17.5. The number of halogens is 2. The summed E-state index contributed by atoms with van der Waals surface area (Å²) in [5, 5.41) is 14.7. The van der Waals surface area contributed by atoms with Gasteiger partial charge in [0.2, 0.25) is 0 Å². The number of hydrogen-bond donors (Lipinski definition) is 2. The van der Waals surface area contributed by atoms with Crippen molar-refractivity contribution in [3.05, 3.63) is 38.3 Å². The highest BCUT2D eigenvalue weighted by molar-refractivity contribution is 9.10. The zero-order valence-corrected chi connectivity index (χ0v) is 16.2. The van der Waals surface area contributed by atoms with Gasteiger partial charge in [0.05, 0.1) is 28.4 Å². The van der Waals surface area contributed by atoms with Gasteiger partial charge < -0.3 is 10.4 Å². The summed E-state index contributed by atoms with van der Waals surface area (Å²) >= 11 is 9.51. The van der Waals surface area contributed by atoms with Crippen LogP contribution >= 0.6 is 27.5 Å². The molecule has 4 rings (SSSR count). The van der Waals surface area contributed by atoms with Crippen LogP contribution in [0.3, 0.4) is 0 Å². The van der Waals surface area contributed by atoms with E-state index in [2.05, 4.69) is 26.2 Å². The molecule has 25 heavy (non-hydrogen) atoms. The zero-order valence-electron chi connectivity index (χ0n) is 13.8. The molecule has 7 heteroatoms. The predicted octanol–water partition coefficient (Wildman–Crippen LogP) is 3.10. The minimum Gasteiger partial charge on any atom is -0.392 e. The van der Waals surface area contributed by atoms with Crippen molar-refractivity contribution in [2.75, 3.05) is 6.54 Å². The maximum Gasteiger partial charge on any atom is 0.261 e. The first-order valence-electron chi connectivity index (χ1n) is 8.73. The molecular formula is C18H21BrClN3O2. The van der Waals surface area contributed by atoms with Crippen LogP contribution in [-0.4, -0.2) is 33.3 Å². The summed E-state index contributed by atoms with van der Waals surface area (Å²) in [4.78, 5) is 17.3. The molecule has 5 nitrogen and oxygen atoms in total. The Morgan fingerprint density at radius 2 is 2.24 bits per heavy atom. The number of piperidine rings is 1. The van der Waals surface area contributed by atoms with E-state index in [4.69, 9.17) is 11.6 Å². The summed E-state index contributed by atoms with van der Waals surface area (Å²) in [5.74, 6) is 0. The van der Waals surface area contributed by atoms with Crippen LogP contribution in [-0.2, 0) is 6.54 Å². The minimum atomic E-state index is -0.283. The van der Waals surface area contributed by atoms with E-state index in [1.54, 1.807) is 23.0 Å². The summed E-state index contributed by atoms with van der Waals surface area (Å²) in [5.41, 5.74) is 0.684. The first-order valence-corrected chi connectivity index (χ1v) is 9.90. The Morgan fingerprint density at radius 1 is 1.44 bits per heavy atom. The van der Waals surface area contributed by atoms with Gasteiger partial charge in [-0.15, -0.1) is 0 Å². The fraction of sp³-hybridized carbons (Fsp3) is 0.556. The zero-order chi connectivity index (χ0) is 17.6. The Kier molecular flexibility index (Phi) is 4.65. The lowest BCUT2D eigenvalue weighted by atomic mass is 9.89. The molecule has 2 fully saturated rings. The van der Waals surface area contributed by atoms with Gasteiger partial charge in [0.1, 0.15) is 0 Å². The molecule has 1 aromatic heterocycles. The van der Waals surface area contributed by atoms with E-state index in [9.17, 15) is 9.90 Å². The van der Waals surface area contributed by atoms with Gasteiger partial charge in [-0.1, -0.05) is 11.6 Å². The van der Waals surface area contributed by atoms with Crippen LogP contribution < -0.4 is 10.9 Å². The standard InChI is InChI=1S/C18H21BrClN3O2/c19-12-7-14-11(6-13(12)20)17(25)23(10-22-14)9-18(3-4-18)8-15-16(24)2-1-5-21-15/h6-7,10,15-16,21,24H,1-5,8-9H2/t15?,16-/m1/s1. The van der Waals surface area contributed by atoms with Crippen molar-refractivity contribution in [1.29, 1.82) is 0 Å². The van der Waals surface area contributed by atoms with Gasteiger partial charge >= 0.3 is 0 Å². The van der Waals surface area contributed by atoms with E-state index >= 15 is 0 Å². The fourth-order valence-electron chi connectivity index (χ4n) is 3.84. The lowest BCUT2D eigenvalue weighted by Crippen LogP contribution is -2.46. The number of nitrogens with zero attached hydrogens (tertiary/aromatic N) is 2. The second-order valence-corrected chi connectivity index (χ2v) is 8.70. The molecule has 2 N–H and O–H groups in total. The Bertz CT molecular complexity index is 865. The summed E-state index contributed by atoms with van der Waals surface area (Å²) < 4.78 is 2.44. The third-order valence-electron chi connectivity index (χ3n) is 5.53. The van der Waals surface area contributed by atoms with E-state index in [-0.39, 0.29) is 23.1 Å². The van der Waals surface area contributed by atoms with Crippen LogP contribution in [0.15, 0.2) is 27.7 Å². The molecule has 1 aromatic carbocycles. The lowest BCUT2D eigenvalue weighted by molar-refractivity contribution is 0.0793. The van der Waals surface area contributed by atoms with Crippen LogP contribution in [0.4, 0.5) is 0 Å². The maximum atomic E-state index is 12.8. The van der Waals surface area contributed by atoms with Crippen LogP contribution in [0.2, 0.25) is 5.02 Å². The highest BCUT2D eigenvalue weighted by Gasteiger charge is 2.46. The molecule has 1 saturated heterocycles. The fourth-order valence-corrected chi connectivity index (χ4v) is 4.34. The Balaban J connectivity index is 1.59. The van der Waals surface area contributed by atoms with Crippen LogP contribution in [0.5, 0.6) is 0 Å². The lowest BCUT2D eigenvalue weighted by Gasteiger charge is -2.32. The molecule has 134 valence electrons. The molecule has 0 radical (unpaired) electrons. The Hall–Kier alpha value is -0.950. The molecule has 2 aromatic rings. The van der Waals surface area contributed by atoms with Gasteiger partial charge in [0.25, 0.3) is 5.56 Å². The number of aliphatic hydroxyl groups is 1. The monoisotopic (exact) mass is 425 g/mol. The Labute approximate surface area is 159 Å². The number of hydrogen-bond acceptors (Lipinski definition) is 4. The molecule has 1 aliphatic heterocycles. The minimum absolute atomic E-state index is 0.0529. The molecule has 1 unspecified atom stereocenters. The SMILES string of the molecule is O=c1c2cc(Cl)c(Br)cc2ncn1CC1(CC2NCCC[C@H]2O)CC1. The van der Waals surface area contributed by atoms with Gasteiger partial charge in [-0.05, 0) is 72.1 Å². The largest absolute Gasteiger partial charge is 0.392 e. The van der Waals surface area contributed by atoms with E-state index in [0.29, 0.717) is 22.5 Å². The Morgan fingerprint density at radius 3 is 2.96 bits per heavy atom. The average Bonchev–Trinajstić information content (AvgIpc) is 3.34. The molecule has 1 aliphatic carbocycles. The van der Waals surface area contributed by atoms with Crippen molar-refractivity contribution in [1.82, 2.24) is 14.9 Å². The number of benzene rings is 1. The molecule has 2 heterocycles. The topological polar surface area (TPSA) is 67.2 Å². The summed E-state index contributed by atoms with van der Waals surface area (Å²) in [7, 11) is 0. The first-order chi connectivity index (χ1) is 12.0. The van der Waals surface area contributed by atoms with Crippen LogP contribution in [0, 0.1) is 5.41 Å². The summed E-state index contributed by atoms with van der Waals surface area (Å²) in [6, 6.07) is 3.59. The summed E-state index contributed by atoms with van der Waals surface area (Å²) in [6.45, 7) is 1.61. The average molecular weight is 427 g/mol. The number of rotatable bonds is 4. The van der Waals surface area contributed by atoms with E-state index in [0.717, 1.165) is 43.1 Å². The third kappa shape index (κ3) is 3.50. The highest BCUT2D eigenvalue weighted by Crippen LogP contribution is 2.51. The maximum absolute atomic E-state index is 12.8. The number of nitrogens with one attached hydrogen (secondary N) is 1. The molecule has 0 spiro atoms. The molecular weight excluding hydrogens is 406 g/mol. The van der Waals surface area contributed by atoms with Gasteiger partial charge in [-0.3, -0.25) is 9.36 Å². The summed E-state index contributed by atoms with van der Waals surface area (Å²) in [6.07, 6.45) is 6.31. The van der Waals surface area contributed by atoms with Crippen molar-refractivity contribution in [3.63, 3.8) is 0 Å². The molecule has 2 aliphatic rings. The van der Waals surface area contributed by atoms with E-state index in [1.807, 2.05) is 0 Å². The number of aliphatic hydroxyl groups excluding tert-OH is 1. The van der Waals surface area contributed by atoms with Gasteiger partial charge in [-0.25, -0.2) is 4.98 Å². The predicted molar refractivity (Wildman–Crippen MR) is 102 cm³/mol. The van der Waals surface area contributed by atoms with Crippen molar-refractivity contribution in [2.24, 2.45) is 5.41 Å². The second kappa shape index (κ2) is 6.65. The van der Waals surface area contributed by atoms with E-state index < -0.39 is 0 Å².